The molecule has 0 radical (unpaired) electrons. The van der Waals surface area contributed by atoms with Crippen LogP contribution >= 0.6 is 0 Å². The van der Waals surface area contributed by atoms with Crippen LogP contribution < -0.4 is 10.6 Å². The van der Waals surface area contributed by atoms with Crippen LogP contribution in [0.15, 0.2) is 54.6 Å². The maximum atomic E-state index is 13.8. The molecule has 46 heavy (non-hydrogen) atoms. The maximum absolute atomic E-state index is 13.8. The smallest absolute Gasteiger partial charge is 0.254 e. The van der Waals surface area contributed by atoms with Gasteiger partial charge in [0.05, 0.1) is 25.8 Å². The highest BCUT2D eigenvalue weighted by Gasteiger charge is 2.27. The summed E-state index contributed by atoms with van der Waals surface area (Å²) >= 11 is 0. The highest BCUT2D eigenvalue weighted by Crippen LogP contribution is 2.20. The van der Waals surface area contributed by atoms with Gasteiger partial charge >= 0.3 is 0 Å². The van der Waals surface area contributed by atoms with Gasteiger partial charge in [-0.15, -0.1) is 0 Å². The van der Waals surface area contributed by atoms with Crippen LogP contribution in [0.3, 0.4) is 0 Å². The molecule has 12 heteroatoms. The number of ether oxygens (including phenoxy) is 1. The minimum atomic E-state index is -0.695. The zero-order valence-electron chi connectivity index (χ0n) is 26.8. The Hall–Kier alpha value is -4.58. The van der Waals surface area contributed by atoms with Crippen LogP contribution in [0.5, 0.6) is 0 Å². The van der Waals surface area contributed by atoms with Gasteiger partial charge in [0.25, 0.3) is 11.8 Å². The molecule has 2 aliphatic rings. The van der Waals surface area contributed by atoms with Crippen LogP contribution in [-0.2, 0) is 20.9 Å². The number of rotatable bonds is 5. The molecule has 0 bridgehead atoms. The molecule has 1 saturated heterocycles. The first kappa shape index (κ1) is 32.8. The van der Waals surface area contributed by atoms with E-state index in [4.69, 9.17) is 14.8 Å². The van der Waals surface area contributed by atoms with Crippen molar-refractivity contribution in [2.24, 2.45) is 5.92 Å². The second-order valence-electron chi connectivity index (χ2n) is 12.2. The molecule has 2 aliphatic heterocycles. The zero-order chi connectivity index (χ0) is 32.6. The molecule has 0 aliphatic carbocycles. The summed E-state index contributed by atoms with van der Waals surface area (Å²) in [6.07, 6.45) is 1.07. The molecule has 3 aromatic rings. The minimum absolute atomic E-state index is 0.0866. The molecule has 5 rings (SSSR count). The fraction of sp³-hybridized carbons (Fsp3) is 0.471. The van der Waals surface area contributed by atoms with Crippen LogP contribution in [0.2, 0.25) is 0 Å². The largest absolute Gasteiger partial charge is 0.378 e. The van der Waals surface area contributed by atoms with Crippen molar-refractivity contribution in [3.8, 4) is 11.4 Å². The number of aromatic nitrogens is 3. The van der Waals surface area contributed by atoms with E-state index in [9.17, 15) is 19.2 Å². The molecular formula is C34H43N7O5. The molecule has 0 spiro atoms. The van der Waals surface area contributed by atoms with Gasteiger partial charge in [-0.25, -0.2) is 9.67 Å². The lowest BCUT2D eigenvalue weighted by Crippen LogP contribution is -2.48. The van der Waals surface area contributed by atoms with E-state index in [0.29, 0.717) is 81.6 Å². The summed E-state index contributed by atoms with van der Waals surface area (Å²) in [7, 11) is 0. The Bertz CT molecular complexity index is 1520. The van der Waals surface area contributed by atoms with Crippen LogP contribution in [-0.4, -0.2) is 93.6 Å². The van der Waals surface area contributed by atoms with E-state index in [1.54, 1.807) is 38.7 Å². The highest BCUT2D eigenvalue weighted by molar-refractivity contribution is 5.98. The highest BCUT2D eigenvalue weighted by atomic mass is 16.5. The molecule has 0 unspecified atom stereocenters. The molecular weight excluding hydrogens is 586 g/mol. The number of nitrogens with one attached hydrogen (secondary N) is 2. The van der Waals surface area contributed by atoms with Crippen molar-refractivity contribution >= 4 is 23.6 Å². The van der Waals surface area contributed by atoms with E-state index < -0.39 is 12.1 Å². The quantitative estimate of drug-likeness (QED) is 0.442. The molecule has 244 valence electrons. The van der Waals surface area contributed by atoms with Crippen molar-refractivity contribution < 1.29 is 23.9 Å². The lowest BCUT2D eigenvalue weighted by Gasteiger charge is -2.27. The van der Waals surface area contributed by atoms with Crippen molar-refractivity contribution in [1.82, 2.24) is 35.2 Å². The van der Waals surface area contributed by atoms with Gasteiger partial charge in [-0.1, -0.05) is 44.2 Å². The number of morpholine rings is 1. The summed E-state index contributed by atoms with van der Waals surface area (Å²) in [5, 5.41) is 10.7. The van der Waals surface area contributed by atoms with Gasteiger partial charge in [0.2, 0.25) is 11.8 Å². The number of hydrogen-bond acceptors (Lipinski definition) is 7. The van der Waals surface area contributed by atoms with E-state index in [-0.39, 0.29) is 36.0 Å². The summed E-state index contributed by atoms with van der Waals surface area (Å²) < 4.78 is 7.10. The van der Waals surface area contributed by atoms with Gasteiger partial charge in [-0.3, -0.25) is 19.2 Å². The summed E-state index contributed by atoms with van der Waals surface area (Å²) in [6.45, 7) is 8.92. The molecule has 3 heterocycles. The minimum Gasteiger partial charge on any atom is -0.378 e. The topological polar surface area (TPSA) is 139 Å². The van der Waals surface area contributed by atoms with Crippen molar-refractivity contribution in [3.05, 3.63) is 71.5 Å². The van der Waals surface area contributed by atoms with Crippen LogP contribution in [0, 0.1) is 5.92 Å². The molecule has 2 aromatic carbocycles. The molecule has 1 fully saturated rings. The Morgan fingerprint density at radius 3 is 2.13 bits per heavy atom. The molecule has 12 nitrogen and oxygen atoms in total. The van der Waals surface area contributed by atoms with Crippen molar-refractivity contribution in [2.75, 3.05) is 39.4 Å². The molecule has 2 N–H and O–H groups in total. The van der Waals surface area contributed by atoms with Gasteiger partial charge in [0.15, 0.2) is 5.82 Å². The number of nitrogens with zero attached hydrogens (tertiary/aromatic N) is 5. The first-order valence-electron chi connectivity index (χ1n) is 16.1. The molecule has 1 aromatic heterocycles. The van der Waals surface area contributed by atoms with Gasteiger partial charge in [-0.2, -0.15) is 5.10 Å². The summed E-state index contributed by atoms with van der Waals surface area (Å²) in [5.74, 6) is 0.456. The zero-order valence-corrected chi connectivity index (χ0v) is 26.8. The Balaban J connectivity index is 1.41. The number of hydrogen-bond donors (Lipinski definition) is 2. The van der Waals surface area contributed by atoms with E-state index in [0.717, 1.165) is 5.56 Å². The Labute approximate surface area is 269 Å². The monoisotopic (exact) mass is 629 g/mol. The molecule has 0 saturated carbocycles. The third kappa shape index (κ3) is 8.16. The first-order chi connectivity index (χ1) is 22.2. The Morgan fingerprint density at radius 1 is 0.870 bits per heavy atom. The number of carbonyl (C=O) groups excluding carboxylic acids is 4. The molecule has 2 atom stereocenters. The summed E-state index contributed by atoms with van der Waals surface area (Å²) in [5.41, 5.74) is 1.80. The number of amides is 4. The third-order valence-corrected chi connectivity index (χ3v) is 8.22. The molecule has 4 amide bonds. The normalized spacial score (nSPS) is 20.0. The van der Waals surface area contributed by atoms with E-state index in [1.165, 1.54) is 0 Å². The van der Waals surface area contributed by atoms with E-state index in [1.807, 2.05) is 51.1 Å². The number of carbonyl (C=O) groups is 4. The predicted molar refractivity (Wildman–Crippen MR) is 172 cm³/mol. The summed E-state index contributed by atoms with van der Waals surface area (Å²) in [6, 6.07) is 15.1. The number of benzene rings is 2. The van der Waals surface area contributed by atoms with Crippen molar-refractivity contribution in [2.45, 2.75) is 58.7 Å². The number of fused-ring (bicyclic) bond motifs is 1. The van der Waals surface area contributed by atoms with Crippen LogP contribution in [0.4, 0.5) is 0 Å². The summed E-state index contributed by atoms with van der Waals surface area (Å²) in [4.78, 5) is 61.3. The van der Waals surface area contributed by atoms with E-state index in [2.05, 4.69) is 10.6 Å². The average Bonchev–Trinajstić information content (AvgIpc) is 3.50. The van der Waals surface area contributed by atoms with Gasteiger partial charge in [0, 0.05) is 49.3 Å². The lowest BCUT2D eigenvalue weighted by atomic mass is 10.0. The Kier molecular flexibility index (Phi) is 10.8. The van der Waals surface area contributed by atoms with Crippen LogP contribution in [0.1, 0.15) is 72.6 Å². The van der Waals surface area contributed by atoms with E-state index >= 15 is 0 Å². The second kappa shape index (κ2) is 15.1. The standard InChI is InChI=1S/C34H43N7O5/c1-23(2)22-28-32(43)35-24(3)31-37-30(25-8-5-4-6-9-25)38-41(31)17-16-39(15-7-10-29(42)36-28)33(44)26-11-13-27(14-12-26)34(45)40-18-20-46-21-19-40/h4-6,8-9,11-14,23-24,28H,7,10,15-22H2,1-3H3,(H,35,43)(H,36,42)/t24-,28-/m1/s1. The van der Waals surface area contributed by atoms with Crippen molar-refractivity contribution in [3.63, 3.8) is 0 Å². The second-order valence-corrected chi connectivity index (χ2v) is 12.2. The fourth-order valence-corrected chi connectivity index (χ4v) is 5.74. The predicted octanol–water partition coefficient (Wildman–Crippen LogP) is 3.06. The lowest BCUT2D eigenvalue weighted by molar-refractivity contribution is -0.129. The maximum Gasteiger partial charge on any atom is 0.254 e. The first-order valence-corrected chi connectivity index (χ1v) is 16.1. The van der Waals surface area contributed by atoms with Crippen LogP contribution in [0.25, 0.3) is 11.4 Å². The van der Waals surface area contributed by atoms with Gasteiger partial charge < -0.3 is 25.2 Å². The van der Waals surface area contributed by atoms with Gasteiger partial charge in [0.1, 0.15) is 11.9 Å². The van der Waals surface area contributed by atoms with Gasteiger partial charge in [-0.05, 0) is 49.9 Å². The SMILES string of the molecule is CC(C)C[C@H]1NC(=O)CCCN(C(=O)c2ccc(C(=O)N3CCOCC3)cc2)CCn2nc(-c3ccccc3)nc2[C@@H](C)NC1=O. The Morgan fingerprint density at radius 2 is 1.50 bits per heavy atom. The third-order valence-electron chi connectivity index (χ3n) is 8.22. The average molecular weight is 630 g/mol. The van der Waals surface area contributed by atoms with Crippen molar-refractivity contribution in [1.29, 1.82) is 0 Å². The fourth-order valence-electron chi connectivity index (χ4n) is 5.74.